The maximum Gasteiger partial charge on any atom is 0.218 e. The van der Waals surface area contributed by atoms with E-state index in [1.54, 1.807) is 24.3 Å². The first-order valence-corrected chi connectivity index (χ1v) is 8.95. The second-order valence-corrected chi connectivity index (χ2v) is 7.62. The molecule has 2 rings (SSSR count). The van der Waals surface area contributed by atoms with Gasteiger partial charge in [0.05, 0.1) is 12.4 Å². The van der Waals surface area contributed by atoms with Crippen LogP contribution in [0, 0.1) is 0 Å². The third kappa shape index (κ3) is 4.00. The van der Waals surface area contributed by atoms with E-state index in [1.807, 2.05) is 0 Å². The molecule has 1 aliphatic rings. The van der Waals surface area contributed by atoms with Gasteiger partial charge < -0.3 is 10.8 Å². The van der Waals surface area contributed by atoms with Gasteiger partial charge in [0.1, 0.15) is 4.99 Å². The van der Waals surface area contributed by atoms with Crippen LogP contribution in [0.5, 0.6) is 0 Å². The van der Waals surface area contributed by atoms with Crippen molar-refractivity contribution >= 4 is 27.2 Å². The molecule has 116 valence electrons. The van der Waals surface area contributed by atoms with Crippen LogP contribution in [-0.4, -0.2) is 42.0 Å². The first kappa shape index (κ1) is 16.4. The van der Waals surface area contributed by atoms with E-state index in [9.17, 15) is 13.5 Å². The quantitative estimate of drug-likeness (QED) is 0.788. The molecule has 0 saturated carbocycles. The topological polar surface area (TPSA) is 83.6 Å². The molecule has 0 bridgehead atoms. The van der Waals surface area contributed by atoms with Gasteiger partial charge in [-0.3, -0.25) is 0 Å². The molecule has 1 saturated heterocycles. The van der Waals surface area contributed by atoms with Gasteiger partial charge in [-0.15, -0.1) is 0 Å². The molecule has 1 atom stereocenters. The summed E-state index contributed by atoms with van der Waals surface area (Å²) in [6, 6.07) is 6.62. The molecule has 0 radical (unpaired) electrons. The molecule has 0 aliphatic carbocycles. The second-order valence-electron chi connectivity index (χ2n) is 5.26. The van der Waals surface area contributed by atoms with Crippen molar-refractivity contribution in [3.8, 4) is 0 Å². The molecular formula is C14H20N2O3S2. The monoisotopic (exact) mass is 328 g/mol. The molecule has 0 amide bonds. The SMILES string of the molecule is NC(=S)c1ccc(CS(=O)(=O)N2CCCCC2CO)cc1. The fourth-order valence-corrected chi connectivity index (χ4v) is 4.53. The van der Waals surface area contributed by atoms with E-state index in [2.05, 4.69) is 0 Å². The van der Waals surface area contributed by atoms with E-state index in [1.165, 1.54) is 4.31 Å². The number of nitrogens with two attached hydrogens (primary N) is 1. The summed E-state index contributed by atoms with van der Waals surface area (Å²) in [5, 5.41) is 9.35. The lowest BCUT2D eigenvalue weighted by atomic mass is 10.1. The van der Waals surface area contributed by atoms with Crippen LogP contribution in [-0.2, 0) is 15.8 Å². The Kier molecular flexibility index (Phi) is 5.32. The number of sulfonamides is 1. The van der Waals surface area contributed by atoms with Gasteiger partial charge in [-0.1, -0.05) is 42.9 Å². The van der Waals surface area contributed by atoms with Crippen molar-refractivity contribution in [2.45, 2.75) is 31.1 Å². The highest BCUT2D eigenvalue weighted by atomic mass is 32.2. The summed E-state index contributed by atoms with van der Waals surface area (Å²) < 4.78 is 26.5. The largest absolute Gasteiger partial charge is 0.395 e. The number of aliphatic hydroxyl groups excluding tert-OH is 1. The van der Waals surface area contributed by atoms with Crippen LogP contribution in [0.25, 0.3) is 0 Å². The number of hydrogen-bond acceptors (Lipinski definition) is 4. The Balaban J connectivity index is 2.14. The molecule has 1 unspecified atom stereocenters. The highest BCUT2D eigenvalue weighted by Crippen LogP contribution is 2.22. The highest BCUT2D eigenvalue weighted by Gasteiger charge is 2.31. The minimum Gasteiger partial charge on any atom is -0.395 e. The standard InChI is InChI=1S/C14H20N2O3S2/c15-14(20)12-6-4-11(5-7-12)10-21(18,19)16-8-2-1-3-13(16)9-17/h4-7,13,17H,1-3,8-10H2,(H2,15,20). The zero-order valence-corrected chi connectivity index (χ0v) is 13.4. The summed E-state index contributed by atoms with van der Waals surface area (Å²) in [7, 11) is -3.42. The molecule has 0 spiro atoms. The Bertz CT molecular complexity index is 599. The maximum absolute atomic E-state index is 12.5. The zero-order valence-electron chi connectivity index (χ0n) is 11.7. The number of hydrogen-bond donors (Lipinski definition) is 2. The van der Waals surface area contributed by atoms with Crippen LogP contribution < -0.4 is 5.73 Å². The van der Waals surface area contributed by atoms with E-state index in [0.29, 0.717) is 17.1 Å². The Morgan fingerprint density at radius 1 is 1.33 bits per heavy atom. The van der Waals surface area contributed by atoms with Crippen molar-refractivity contribution < 1.29 is 13.5 Å². The van der Waals surface area contributed by atoms with Crippen molar-refractivity contribution in [3.05, 3.63) is 35.4 Å². The molecule has 7 heteroatoms. The molecule has 1 aromatic carbocycles. The van der Waals surface area contributed by atoms with Crippen molar-refractivity contribution in [2.75, 3.05) is 13.2 Å². The van der Waals surface area contributed by atoms with Gasteiger partial charge in [-0.2, -0.15) is 4.31 Å². The zero-order chi connectivity index (χ0) is 15.5. The first-order chi connectivity index (χ1) is 9.94. The van der Waals surface area contributed by atoms with Gasteiger partial charge >= 0.3 is 0 Å². The predicted molar refractivity (Wildman–Crippen MR) is 86.4 cm³/mol. The maximum atomic E-state index is 12.5. The van der Waals surface area contributed by atoms with Gasteiger partial charge in [0.25, 0.3) is 0 Å². The van der Waals surface area contributed by atoms with Crippen LogP contribution in [0.2, 0.25) is 0 Å². The lowest BCUT2D eigenvalue weighted by molar-refractivity contribution is 0.155. The molecule has 0 aromatic heterocycles. The Labute approximate surface area is 130 Å². The summed E-state index contributed by atoms with van der Waals surface area (Å²) >= 11 is 4.87. The lowest BCUT2D eigenvalue weighted by Gasteiger charge is -2.33. The average Bonchev–Trinajstić information content (AvgIpc) is 2.47. The number of aliphatic hydroxyl groups is 1. The van der Waals surface area contributed by atoms with E-state index >= 15 is 0 Å². The van der Waals surface area contributed by atoms with Crippen molar-refractivity contribution in [1.29, 1.82) is 0 Å². The van der Waals surface area contributed by atoms with Gasteiger partial charge in [0.15, 0.2) is 0 Å². The summed E-state index contributed by atoms with van der Waals surface area (Å²) in [5.41, 5.74) is 6.93. The third-order valence-electron chi connectivity index (χ3n) is 3.73. The van der Waals surface area contributed by atoms with Crippen molar-refractivity contribution in [3.63, 3.8) is 0 Å². The fraction of sp³-hybridized carbons (Fsp3) is 0.500. The third-order valence-corrected chi connectivity index (χ3v) is 5.86. The molecule has 5 nitrogen and oxygen atoms in total. The number of benzene rings is 1. The highest BCUT2D eigenvalue weighted by molar-refractivity contribution is 7.88. The molecule has 1 heterocycles. The molecule has 1 aromatic rings. The number of piperidine rings is 1. The first-order valence-electron chi connectivity index (χ1n) is 6.93. The molecule has 1 fully saturated rings. The minimum absolute atomic E-state index is 0.0683. The van der Waals surface area contributed by atoms with E-state index in [4.69, 9.17) is 18.0 Å². The lowest BCUT2D eigenvalue weighted by Crippen LogP contribution is -2.45. The van der Waals surface area contributed by atoms with Crippen molar-refractivity contribution in [2.24, 2.45) is 5.73 Å². The second kappa shape index (κ2) is 6.83. The van der Waals surface area contributed by atoms with Crippen LogP contribution in [0.4, 0.5) is 0 Å². The summed E-state index contributed by atoms with van der Waals surface area (Å²) in [6.45, 7) is 0.359. The molecule has 21 heavy (non-hydrogen) atoms. The van der Waals surface area contributed by atoms with E-state index < -0.39 is 10.0 Å². The van der Waals surface area contributed by atoms with E-state index in [-0.39, 0.29) is 18.4 Å². The molecule has 1 aliphatic heterocycles. The molecular weight excluding hydrogens is 308 g/mol. The van der Waals surface area contributed by atoms with Crippen LogP contribution in [0.3, 0.4) is 0 Å². The summed E-state index contributed by atoms with van der Waals surface area (Å²) in [5.74, 6) is -0.0683. The Hall–Kier alpha value is -1.02. The Morgan fingerprint density at radius 3 is 2.57 bits per heavy atom. The van der Waals surface area contributed by atoms with Gasteiger partial charge in [-0.05, 0) is 18.4 Å². The predicted octanol–water partition coefficient (Wildman–Crippen LogP) is 0.997. The van der Waals surface area contributed by atoms with Gasteiger partial charge in [-0.25, -0.2) is 8.42 Å². The Morgan fingerprint density at radius 2 is 2.00 bits per heavy atom. The van der Waals surface area contributed by atoms with Crippen LogP contribution in [0.1, 0.15) is 30.4 Å². The molecule has 3 N–H and O–H groups in total. The smallest absolute Gasteiger partial charge is 0.218 e. The van der Waals surface area contributed by atoms with Gasteiger partial charge in [0.2, 0.25) is 10.0 Å². The average molecular weight is 328 g/mol. The number of rotatable bonds is 5. The number of nitrogens with zero attached hydrogens (tertiary/aromatic N) is 1. The normalized spacial score (nSPS) is 20.3. The fourth-order valence-electron chi connectivity index (χ4n) is 2.58. The van der Waals surface area contributed by atoms with Crippen molar-refractivity contribution in [1.82, 2.24) is 4.31 Å². The van der Waals surface area contributed by atoms with E-state index in [0.717, 1.165) is 24.8 Å². The summed E-state index contributed by atoms with van der Waals surface area (Å²) in [4.78, 5) is 0.292. The van der Waals surface area contributed by atoms with Crippen LogP contribution in [0.15, 0.2) is 24.3 Å². The van der Waals surface area contributed by atoms with Crippen LogP contribution >= 0.6 is 12.2 Å². The number of thiocarbonyl (C=S) groups is 1. The minimum atomic E-state index is -3.42. The van der Waals surface area contributed by atoms with Gasteiger partial charge in [0, 0.05) is 18.2 Å². The summed E-state index contributed by atoms with van der Waals surface area (Å²) in [6.07, 6.45) is 2.52.